The Hall–Kier alpha value is -3.74. The van der Waals surface area contributed by atoms with Crippen molar-refractivity contribution in [2.75, 3.05) is 15.5 Å². The number of para-hydroxylation sites is 1. The normalized spacial score (nSPS) is 15.0. The topological polar surface area (TPSA) is 87.2 Å². The predicted octanol–water partition coefficient (Wildman–Crippen LogP) is 3.77. The number of carbonyl (C=O) groups is 2. The maximum atomic E-state index is 12.5. The number of carbonyl (C=O) groups excluding carboxylic acids is 2. The van der Waals surface area contributed by atoms with Gasteiger partial charge >= 0.3 is 0 Å². The smallest absolute Gasteiger partial charge is 0.258 e. The molecule has 2 heterocycles. The summed E-state index contributed by atoms with van der Waals surface area (Å²) in [7, 11) is 0. The van der Waals surface area contributed by atoms with E-state index in [0.29, 0.717) is 22.9 Å². The van der Waals surface area contributed by atoms with E-state index < -0.39 is 0 Å². The summed E-state index contributed by atoms with van der Waals surface area (Å²) in [6.45, 7) is 3.58. The first-order valence-corrected chi connectivity index (χ1v) is 9.39. The Morgan fingerprint density at radius 2 is 1.59 bits per heavy atom. The molecule has 29 heavy (non-hydrogen) atoms. The number of nitrogens with zero attached hydrogens (tertiary/aromatic N) is 3. The van der Waals surface area contributed by atoms with Gasteiger partial charge in [0.2, 0.25) is 11.9 Å². The van der Waals surface area contributed by atoms with Gasteiger partial charge in [-0.15, -0.1) is 0 Å². The molecule has 0 spiro atoms. The quantitative estimate of drug-likeness (QED) is 0.712. The first-order chi connectivity index (χ1) is 14.0. The van der Waals surface area contributed by atoms with E-state index in [0.717, 1.165) is 12.1 Å². The van der Waals surface area contributed by atoms with Crippen molar-refractivity contribution in [3.05, 3.63) is 72.1 Å². The molecule has 3 aromatic rings. The van der Waals surface area contributed by atoms with Crippen molar-refractivity contribution in [3.63, 3.8) is 0 Å². The third kappa shape index (κ3) is 3.94. The summed E-state index contributed by atoms with van der Waals surface area (Å²) >= 11 is 0. The molecule has 0 saturated carbocycles. The van der Waals surface area contributed by atoms with Crippen LogP contribution in [0.1, 0.15) is 29.8 Å². The van der Waals surface area contributed by atoms with Gasteiger partial charge in [-0.1, -0.05) is 18.2 Å². The van der Waals surface area contributed by atoms with Crippen LogP contribution in [-0.2, 0) is 11.2 Å². The van der Waals surface area contributed by atoms with Crippen molar-refractivity contribution in [2.24, 2.45) is 0 Å². The van der Waals surface area contributed by atoms with Crippen molar-refractivity contribution in [2.45, 2.75) is 26.3 Å². The van der Waals surface area contributed by atoms with Crippen LogP contribution in [0.2, 0.25) is 0 Å². The third-order valence-electron chi connectivity index (χ3n) is 4.79. The SMILES string of the molecule is CC(=O)Nc1ccc(NC(=O)c2cnc(N3c4ccccc4CC3C)nc2)cc1. The molecule has 1 aromatic heterocycles. The fraction of sp³-hybridized carbons (Fsp3) is 0.182. The number of fused-ring (bicyclic) bond motifs is 1. The zero-order valence-electron chi connectivity index (χ0n) is 16.2. The van der Waals surface area contributed by atoms with Gasteiger partial charge in [-0.2, -0.15) is 0 Å². The summed E-state index contributed by atoms with van der Waals surface area (Å²) in [5.74, 6) is 0.145. The van der Waals surface area contributed by atoms with Gasteiger partial charge in [0, 0.05) is 42.4 Å². The summed E-state index contributed by atoms with van der Waals surface area (Å²) in [5.41, 5.74) is 4.04. The molecule has 4 rings (SSSR count). The molecule has 0 fully saturated rings. The lowest BCUT2D eigenvalue weighted by Crippen LogP contribution is -2.26. The molecule has 0 aliphatic carbocycles. The summed E-state index contributed by atoms with van der Waals surface area (Å²) in [6, 6.07) is 15.4. The fourth-order valence-electron chi connectivity index (χ4n) is 3.48. The number of anilines is 4. The summed E-state index contributed by atoms with van der Waals surface area (Å²) in [6.07, 6.45) is 4.02. The maximum absolute atomic E-state index is 12.5. The summed E-state index contributed by atoms with van der Waals surface area (Å²) in [5, 5.41) is 5.49. The Morgan fingerprint density at radius 1 is 0.966 bits per heavy atom. The number of hydrogen-bond donors (Lipinski definition) is 2. The van der Waals surface area contributed by atoms with Gasteiger partial charge in [0.15, 0.2) is 0 Å². The van der Waals surface area contributed by atoms with E-state index in [1.165, 1.54) is 24.9 Å². The monoisotopic (exact) mass is 387 g/mol. The van der Waals surface area contributed by atoms with Crippen LogP contribution in [0.15, 0.2) is 60.9 Å². The molecule has 0 radical (unpaired) electrons. The van der Waals surface area contributed by atoms with Crippen LogP contribution in [0.3, 0.4) is 0 Å². The second kappa shape index (κ2) is 7.71. The summed E-state index contributed by atoms with van der Waals surface area (Å²) < 4.78 is 0. The molecule has 2 N–H and O–H groups in total. The number of amides is 2. The highest BCUT2D eigenvalue weighted by molar-refractivity contribution is 6.04. The fourth-order valence-corrected chi connectivity index (χ4v) is 3.48. The predicted molar refractivity (Wildman–Crippen MR) is 112 cm³/mol. The molecule has 1 unspecified atom stereocenters. The van der Waals surface area contributed by atoms with Crippen LogP contribution in [0.4, 0.5) is 23.0 Å². The Balaban J connectivity index is 1.47. The van der Waals surface area contributed by atoms with Crippen molar-refractivity contribution in [3.8, 4) is 0 Å². The molecule has 146 valence electrons. The molecular weight excluding hydrogens is 366 g/mol. The van der Waals surface area contributed by atoms with E-state index in [1.807, 2.05) is 12.1 Å². The zero-order chi connectivity index (χ0) is 20.4. The van der Waals surface area contributed by atoms with Crippen LogP contribution in [0.25, 0.3) is 0 Å². The molecular formula is C22H21N5O2. The molecule has 0 bridgehead atoms. The zero-order valence-corrected chi connectivity index (χ0v) is 16.2. The lowest BCUT2D eigenvalue weighted by atomic mass is 10.1. The molecule has 1 aliphatic rings. The Bertz CT molecular complexity index is 1050. The maximum Gasteiger partial charge on any atom is 0.258 e. The van der Waals surface area contributed by atoms with Crippen molar-refractivity contribution in [1.29, 1.82) is 0 Å². The minimum Gasteiger partial charge on any atom is -0.326 e. The summed E-state index contributed by atoms with van der Waals surface area (Å²) in [4.78, 5) is 34.5. The molecule has 1 atom stereocenters. The highest BCUT2D eigenvalue weighted by Crippen LogP contribution is 2.36. The molecule has 1 aliphatic heterocycles. The van der Waals surface area contributed by atoms with E-state index >= 15 is 0 Å². The van der Waals surface area contributed by atoms with E-state index in [-0.39, 0.29) is 17.9 Å². The molecule has 2 amide bonds. The minimum absolute atomic E-state index is 0.144. The standard InChI is InChI=1S/C22H21N5O2/c1-14-11-16-5-3-4-6-20(16)27(14)22-23-12-17(13-24-22)21(29)26-19-9-7-18(8-10-19)25-15(2)28/h3-10,12-14H,11H2,1-2H3,(H,25,28)(H,26,29). The van der Waals surface area contributed by atoms with E-state index in [1.54, 1.807) is 24.3 Å². The average Bonchev–Trinajstić information content (AvgIpc) is 3.05. The second-order valence-electron chi connectivity index (χ2n) is 7.04. The van der Waals surface area contributed by atoms with E-state index in [4.69, 9.17) is 0 Å². The number of benzene rings is 2. The van der Waals surface area contributed by atoms with Crippen molar-refractivity contribution in [1.82, 2.24) is 9.97 Å². The minimum atomic E-state index is -0.293. The van der Waals surface area contributed by atoms with Gasteiger partial charge in [0.25, 0.3) is 5.91 Å². The number of nitrogens with one attached hydrogen (secondary N) is 2. The Morgan fingerprint density at radius 3 is 2.24 bits per heavy atom. The van der Waals surface area contributed by atoms with Gasteiger partial charge in [-0.05, 0) is 49.2 Å². The van der Waals surface area contributed by atoms with Crippen LogP contribution >= 0.6 is 0 Å². The first-order valence-electron chi connectivity index (χ1n) is 9.39. The number of rotatable bonds is 4. The number of hydrogen-bond acceptors (Lipinski definition) is 5. The molecule has 7 nitrogen and oxygen atoms in total. The lowest BCUT2D eigenvalue weighted by molar-refractivity contribution is -0.114. The average molecular weight is 387 g/mol. The van der Waals surface area contributed by atoms with Crippen LogP contribution in [0, 0.1) is 0 Å². The van der Waals surface area contributed by atoms with Gasteiger partial charge < -0.3 is 15.5 Å². The highest BCUT2D eigenvalue weighted by atomic mass is 16.2. The highest BCUT2D eigenvalue weighted by Gasteiger charge is 2.28. The third-order valence-corrected chi connectivity index (χ3v) is 4.79. The molecule has 0 saturated heterocycles. The van der Waals surface area contributed by atoms with Crippen LogP contribution in [0.5, 0.6) is 0 Å². The first kappa shape index (κ1) is 18.6. The number of aromatic nitrogens is 2. The van der Waals surface area contributed by atoms with Crippen molar-refractivity contribution < 1.29 is 9.59 Å². The largest absolute Gasteiger partial charge is 0.326 e. The van der Waals surface area contributed by atoms with Crippen molar-refractivity contribution >= 4 is 34.8 Å². The lowest BCUT2D eigenvalue weighted by Gasteiger charge is -2.22. The van der Waals surface area contributed by atoms with Gasteiger partial charge in [0.1, 0.15) is 0 Å². The van der Waals surface area contributed by atoms with E-state index in [2.05, 4.69) is 44.6 Å². The van der Waals surface area contributed by atoms with Gasteiger partial charge in [-0.3, -0.25) is 9.59 Å². The van der Waals surface area contributed by atoms with Gasteiger partial charge in [-0.25, -0.2) is 9.97 Å². The molecule has 7 heteroatoms. The Kier molecular flexibility index (Phi) is 4.95. The Labute approximate surface area is 168 Å². The van der Waals surface area contributed by atoms with Gasteiger partial charge in [0.05, 0.1) is 5.56 Å². The molecule has 2 aromatic carbocycles. The van der Waals surface area contributed by atoms with Crippen LogP contribution < -0.4 is 15.5 Å². The second-order valence-corrected chi connectivity index (χ2v) is 7.04. The van der Waals surface area contributed by atoms with E-state index in [9.17, 15) is 9.59 Å². The van der Waals surface area contributed by atoms with Crippen LogP contribution in [-0.4, -0.2) is 27.8 Å².